The first-order valence-electron chi connectivity index (χ1n) is 15.5. The van der Waals surface area contributed by atoms with Gasteiger partial charge in [0.25, 0.3) is 0 Å². The highest BCUT2D eigenvalue weighted by Gasteiger charge is 2.11. The Morgan fingerprint density at radius 3 is 1.09 bits per heavy atom. The summed E-state index contributed by atoms with van der Waals surface area (Å²) in [5.74, 6) is 0. The first-order valence-corrected chi connectivity index (χ1v) is 15.5. The van der Waals surface area contributed by atoms with E-state index in [1.54, 1.807) is 0 Å². The highest BCUT2D eigenvalue weighted by atomic mass is 16.3. The molecule has 0 fully saturated rings. The van der Waals surface area contributed by atoms with Gasteiger partial charge >= 0.3 is 0 Å². The average Bonchev–Trinajstić information content (AvgIpc) is 2.85. The van der Waals surface area contributed by atoms with E-state index in [1.807, 2.05) is 0 Å². The van der Waals surface area contributed by atoms with Crippen molar-refractivity contribution in [3.63, 3.8) is 0 Å². The van der Waals surface area contributed by atoms with Crippen LogP contribution in [0.15, 0.2) is 0 Å². The van der Waals surface area contributed by atoms with E-state index >= 15 is 0 Å². The van der Waals surface area contributed by atoms with E-state index in [9.17, 15) is 0 Å². The van der Waals surface area contributed by atoms with Crippen LogP contribution in [0.2, 0.25) is 0 Å². The third-order valence-corrected chi connectivity index (χ3v) is 7.20. The van der Waals surface area contributed by atoms with E-state index in [-0.39, 0.29) is 0 Å². The predicted molar refractivity (Wildman–Crippen MR) is 151 cm³/mol. The van der Waals surface area contributed by atoms with Crippen LogP contribution < -0.4 is 10.6 Å². The molecule has 4 N–H and O–H groups in total. The molecule has 0 aliphatic carbocycles. The molecule has 4 heteroatoms. The molecule has 0 bridgehead atoms. The Morgan fingerprint density at radius 2 is 0.735 bits per heavy atom. The molecule has 34 heavy (non-hydrogen) atoms. The van der Waals surface area contributed by atoms with Crippen LogP contribution in [0.3, 0.4) is 0 Å². The molecule has 0 aliphatic rings. The molecule has 0 aromatic carbocycles. The van der Waals surface area contributed by atoms with Crippen molar-refractivity contribution >= 4 is 0 Å². The van der Waals surface area contributed by atoms with Crippen LogP contribution in [0.1, 0.15) is 155 Å². The quantitative estimate of drug-likeness (QED) is 0.0829. The van der Waals surface area contributed by atoms with E-state index in [4.69, 9.17) is 10.2 Å². The molecule has 0 rings (SSSR count). The molecule has 206 valence electrons. The molecule has 0 saturated carbocycles. The monoisotopic (exact) mass is 484 g/mol. The van der Waals surface area contributed by atoms with Gasteiger partial charge in [0, 0.05) is 25.3 Å². The third kappa shape index (κ3) is 24.9. The van der Waals surface area contributed by atoms with Gasteiger partial charge in [0.15, 0.2) is 0 Å². The molecule has 0 aromatic rings. The molecule has 0 spiro atoms. The number of rotatable bonds is 29. The highest BCUT2D eigenvalue weighted by Crippen LogP contribution is 2.16. The Morgan fingerprint density at radius 1 is 0.412 bits per heavy atom. The fourth-order valence-corrected chi connectivity index (χ4v) is 4.91. The first-order chi connectivity index (χ1) is 16.8. The minimum absolute atomic E-state index is 0.339. The lowest BCUT2D eigenvalue weighted by molar-refractivity contribution is 0.281. The number of aliphatic hydroxyl groups excluding tert-OH is 2. The van der Waals surface area contributed by atoms with Crippen molar-refractivity contribution in [2.45, 2.75) is 167 Å². The summed E-state index contributed by atoms with van der Waals surface area (Å²) in [5, 5.41) is 25.6. The Bertz CT molecular complexity index is 334. The van der Waals surface area contributed by atoms with Gasteiger partial charge in [-0.15, -0.1) is 0 Å². The summed E-state index contributed by atoms with van der Waals surface area (Å²) in [6.07, 6.45) is 28.1. The number of hydrogen-bond acceptors (Lipinski definition) is 4. The first kappa shape index (κ1) is 33.8. The van der Waals surface area contributed by atoms with Crippen molar-refractivity contribution in [3.05, 3.63) is 0 Å². The normalized spacial score (nSPS) is 13.4. The summed E-state index contributed by atoms with van der Waals surface area (Å²) >= 11 is 0. The van der Waals surface area contributed by atoms with Crippen LogP contribution in [0, 0.1) is 0 Å². The second-order valence-corrected chi connectivity index (χ2v) is 10.6. The van der Waals surface area contributed by atoms with Gasteiger partial charge in [0.1, 0.15) is 0 Å². The van der Waals surface area contributed by atoms with Gasteiger partial charge in [-0.25, -0.2) is 0 Å². The Hall–Kier alpha value is -0.160. The lowest BCUT2D eigenvalue weighted by Gasteiger charge is -2.21. The molecule has 4 nitrogen and oxygen atoms in total. The zero-order valence-electron chi connectivity index (χ0n) is 23.4. The number of hydrogen-bond donors (Lipinski definition) is 4. The summed E-state index contributed by atoms with van der Waals surface area (Å²) in [5.41, 5.74) is 0. The van der Waals surface area contributed by atoms with Crippen LogP contribution in [-0.4, -0.2) is 48.6 Å². The maximum absolute atomic E-state index is 8.95. The van der Waals surface area contributed by atoms with Crippen LogP contribution in [0.25, 0.3) is 0 Å². The van der Waals surface area contributed by atoms with E-state index in [1.165, 1.54) is 116 Å². The molecule has 0 heterocycles. The second kappa shape index (κ2) is 29.1. The van der Waals surface area contributed by atoms with Crippen molar-refractivity contribution in [3.8, 4) is 0 Å². The average molecular weight is 485 g/mol. The van der Waals surface area contributed by atoms with Crippen LogP contribution in [0.5, 0.6) is 0 Å². The zero-order valence-corrected chi connectivity index (χ0v) is 23.4. The SMILES string of the molecule is CCCCCCC(CCCCC(CCCCCC)NCCCCCCO)NCCCCCCO. The van der Waals surface area contributed by atoms with Crippen LogP contribution in [0.4, 0.5) is 0 Å². The lowest BCUT2D eigenvalue weighted by Crippen LogP contribution is -2.31. The standard InChI is InChI=1S/C30H64N2O2/c1-3-5-7-13-21-29(31-25-17-9-11-19-27-33)23-15-16-24-30(22-14-8-6-4-2)32-26-18-10-12-20-28-34/h29-34H,3-28H2,1-2H3. The highest BCUT2D eigenvalue weighted by molar-refractivity contribution is 4.71. The largest absolute Gasteiger partial charge is 0.396 e. The smallest absolute Gasteiger partial charge is 0.0431 e. The number of nitrogens with one attached hydrogen (secondary N) is 2. The molecule has 2 atom stereocenters. The van der Waals surface area contributed by atoms with E-state index < -0.39 is 0 Å². The molecule has 0 aromatic heterocycles. The minimum atomic E-state index is 0.339. The van der Waals surface area contributed by atoms with Crippen molar-refractivity contribution in [2.75, 3.05) is 26.3 Å². The van der Waals surface area contributed by atoms with Crippen molar-refractivity contribution in [1.82, 2.24) is 10.6 Å². The molecular weight excluding hydrogens is 420 g/mol. The topological polar surface area (TPSA) is 64.5 Å². The fraction of sp³-hybridized carbons (Fsp3) is 1.00. The number of unbranched alkanes of at least 4 members (excludes halogenated alkanes) is 13. The summed E-state index contributed by atoms with van der Waals surface area (Å²) in [6, 6.07) is 1.38. The predicted octanol–water partition coefficient (Wildman–Crippen LogP) is 7.51. The number of aliphatic hydroxyl groups is 2. The Labute approximate surface area is 214 Å². The van der Waals surface area contributed by atoms with Gasteiger partial charge in [-0.05, 0) is 64.5 Å². The molecule has 0 saturated heterocycles. The molecule has 0 aliphatic heterocycles. The summed E-state index contributed by atoms with van der Waals surface area (Å²) in [4.78, 5) is 0. The van der Waals surface area contributed by atoms with E-state index in [0.717, 1.165) is 38.8 Å². The van der Waals surface area contributed by atoms with Gasteiger partial charge in [-0.1, -0.05) is 104 Å². The van der Waals surface area contributed by atoms with Crippen molar-refractivity contribution < 1.29 is 10.2 Å². The van der Waals surface area contributed by atoms with Gasteiger partial charge in [-0.2, -0.15) is 0 Å². The van der Waals surface area contributed by atoms with Crippen molar-refractivity contribution in [1.29, 1.82) is 0 Å². The van der Waals surface area contributed by atoms with Gasteiger partial charge in [-0.3, -0.25) is 0 Å². The zero-order chi connectivity index (χ0) is 25.0. The third-order valence-electron chi connectivity index (χ3n) is 7.20. The Balaban J connectivity index is 4.24. The molecule has 0 radical (unpaired) electrons. The maximum Gasteiger partial charge on any atom is 0.0431 e. The fourth-order valence-electron chi connectivity index (χ4n) is 4.91. The van der Waals surface area contributed by atoms with E-state index in [0.29, 0.717) is 25.3 Å². The minimum Gasteiger partial charge on any atom is -0.396 e. The Kier molecular flexibility index (Phi) is 28.9. The lowest BCUT2D eigenvalue weighted by atomic mass is 9.97. The van der Waals surface area contributed by atoms with Crippen LogP contribution in [-0.2, 0) is 0 Å². The van der Waals surface area contributed by atoms with Crippen molar-refractivity contribution in [2.24, 2.45) is 0 Å². The molecular formula is C30H64N2O2. The molecule has 0 amide bonds. The summed E-state index contributed by atoms with van der Waals surface area (Å²) in [7, 11) is 0. The van der Waals surface area contributed by atoms with E-state index in [2.05, 4.69) is 24.5 Å². The van der Waals surface area contributed by atoms with Gasteiger partial charge < -0.3 is 20.8 Å². The second-order valence-electron chi connectivity index (χ2n) is 10.6. The van der Waals surface area contributed by atoms with Gasteiger partial charge in [0.2, 0.25) is 0 Å². The summed E-state index contributed by atoms with van der Waals surface area (Å²) in [6.45, 7) is 7.55. The van der Waals surface area contributed by atoms with Crippen LogP contribution >= 0.6 is 0 Å². The molecule has 2 unspecified atom stereocenters. The summed E-state index contributed by atoms with van der Waals surface area (Å²) < 4.78 is 0. The van der Waals surface area contributed by atoms with Gasteiger partial charge in [0.05, 0.1) is 0 Å². The maximum atomic E-state index is 8.95.